The van der Waals surface area contributed by atoms with E-state index in [4.69, 9.17) is 9.47 Å². The van der Waals surface area contributed by atoms with E-state index in [1.165, 1.54) is 0 Å². The molecule has 3 rings (SSSR count). The molecular formula is C13H17N3O3. The highest BCUT2D eigenvalue weighted by Crippen LogP contribution is 2.29. The van der Waals surface area contributed by atoms with Gasteiger partial charge in [-0.15, -0.1) is 0 Å². The maximum atomic E-state index is 11.3. The molecule has 102 valence electrons. The van der Waals surface area contributed by atoms with E-state index in [0.29, 0.717) is 18.2 Å². The molecule has 2 aliphatic heterocycles. The third-order valence-corrected chi connectivity index (χ3v) is 3.38. The lowest BCUT2D eigenvalue weighted by atomic mass is 10.2. The van der Waals surface area contributed by atoms with E-state index in [1.54, 1.807) is 0 Å². The number of anilines is 2. The maximum Gasteiger partial charge on any atom is 0.263 e. The quantitative estimate of drug-likeness (QED) is 0.863. The predicted octanol–water partition coefficient (Wildman–Crippen LogP) is 1.03. The van der Waals surface area contributed by atoms with Gasteiger partial charge in [-0.05, 0) is 18.6 Å². The Morgan fingerprint density at radius 3 is 3.26 bits per heavy atom. The second-order valence-corrected chi connectivity index (χ2v) is 4.70. The molecular weight excluding hydrogens is 246 g/mol. The van der Waals surface area contributed by atoms with Gasteiger partial charge < -0.3 is 19.7 Å². The zero-order valence-corrected chi connectivity index (χ0v) is 10.9. The summed E-state index contributed by atoms with van der Waals surface area (Å²) in [4.78, 5) is 18.0. The fraction of sp³-hybridized carbons (Fsp3) is 0.538. The topological polar surface area (TPSA) is 63.7 Å². The highest BCUT2D eigenvalue weighted by molar-refractivity contribution is 5.94. The molecule has 1 aromatic rings. The molecule has 1 fully saturated rings. The van der Waals surface area contributed by atoms with Crippen LogP contribution in [0.25, 0.3) is 0 Å². The second-order valence-electron chi connectivity index (χ2n) is 4.70. The van der Waals surface area contributed by atoms with Gasteiger partial charge in [0.05, 0.1) is 12.7 Å². The van der Waals surface area contributed by atoms with Crippen molar-refractivity contribution < 1.29 is 14.3 Å². The molecule has 6 heteroatoms. The van der Waals surface area contributed by atoms with Crippen molar-refractivity contribution in [2.75, 3.05) is 36.5 Å². The van der Waals surface area contributed by atoms with Crippen molar-refractivity contribution >= 4 is 17.5 Å². The van der Waals surface area contributed by atoms with Crippen LogP contribution >= 0.6 is 0 Å². The number of nitrogens with one attached hydrogen (secondary N) is 1. The van der Waals surface area contributed by atoms with Crippen molar-refractivity contribution in [2.24, 2.45) is 0 Å². The Kier molecular flexibility index (Phi) is 3.25. The summed E-state index contributed by atoms with van der Waals surface area (Å²) in [6, 6.07) is 3.78. The van der Waals surface area contributed by atoms with Gasteiger partial charge in [-0.25, -0.2) is 4.98 Å². The summed E-state index contributed by atoms with van der Waals surface area (Å²) in [6.45, 7) is 4.53. The Bertz CT molecular complexity index is 492. The van der Waals surface area contributed by atoms with Crippen LogP contribution in [0.15, 0.2) is 12.1 Å². The van der Waals surface area contributed by atoms with Gasteiger partial charge in [0.1, 0.15) is 5.82 Å². The highest BCUT2D eigenvalue weighted by Gasteiger charge is 2.23. The van der Waals surface area contributed by atoms with Crippen molar-refractivity contribution in [1.82, 2.24) is 4.98 Å². The maximum absolute atomic E-state index is 11.3. The monoisotopic (exact) mass is 263 g/mol. The number of morpholine rings is 1. The number of hydrogen-bond acceptors (Lipinski definition) is 5. The number of carbonyl (C=O) groups excluding carboxylic acids is 1. The van der Waals surface area contributed by atoms with Crippen molar-refractivity contribution in [3.63, 3.8) is 0 Å². The van der Waals surface area contributed by atoms with Crippen molar-refractivity contribution in [3.05, 3.63) is 12.1 Å². The number of ether oxygens (including phenoxy) is 2. The highest BCUT2D eigenvalue weighted by atomic mass is 16.5. The van der Waals surface area contributed by atoms with Gasteiger partial charge in [0.2, 0.25) is 0 Å². The number of carbonyl (C=O) groups is 1. The second kappa shape index (κ2) is 5.05. The summed E-state index contributed by atoms with van der Waals surface area (Å²) in [7, 11) is 0. The summed E-state index contributed by atoms with van der Waals surface area (Å²) in [5.41, 5.74) is 0. The van der Waals surface area contributed by atoms with Crippen LogP contribution in [0.1, 0.15) is 13.3 Å². The van der Waals surface area contributed by atoms with Gasteiger partial charge in [-0.1, -0.05) is 6.92 Å². The van der Waals surface area contributed by atoms with E-state index in [1.807, 2.05) is 12.1 Å². The lowest BCUT2D eigenvalue weighted by molar-refractivity contribution is -0.118. The third kappa shape index (κ3) is 2.49. The van der Waals surface area contributed by atoms with Crippen LogP contribution in [0.5, 0.6) is 5.75 Å². The van der Waals surface area contributed by atoms with Gasteiger partial charge >= 0.3 is 0 Å². The molecule has 3 heterocycles. The third-order valence-electron chi connectivity index (χ3n) is 3.38. The van der Waals surface area contributed by atoms with Crippen LogP contribution in [0.2, 0.25) is 0 Å². The predicted molar refractivity (Wildman–Crippen MR) is 70.6 cm³/mol. The molecule has 0 saturated carbocycles. The molecule has 2 aliphatic rings. The first-order valence-electron chi connectivity index (χ1n) is 6.56. The first-order valence-corrected chi connectivity index (χ1v) is 6.56. The molecule has 0 aromatic carbocycles. The van der Waals surface area contributed by atoms with Crippen LogP contribution in [0.4, 0.5) is 11.6 Å². The van der Waals surface area contributed by atoms with Crippen LogP contribution < -0.4 is 15.0 Å². The number of aromatic nitrogens is 1. The Morgan fingerprint density at radius 1 is 1.53 bits per heavy atom. The number of fused-ring (bicyclic) bond motifs is 1. The standard InChI is InChI=1S/C13H17N3O3/c1-2-9-7-16(5-6-18-9)11-4-3-10-13(14-11)15-12(17)8-19-10/h3-4,9H,2,5-8H2,1H3,(H,14,15,17)/t9-/m0/s1. The smallest absolute Gasteiger partial charge is 0.263 e. The first-order chi connectivity index (χ1) is 9.26. The summed E-state index contributed by atoms with van der Waals surface area (Å²) >= 11 is 0. The number of rotatable bonds is 2. The number of amides is 1. The molecule has 1 aromatic heterocycles. The molecule has 1 atom stereocenters. The normalized spacial score (nSPS) is 22.5. The van der Waals surface area contributed by atoms with Crippen molar-refractivity contribution in [3.8, 4) is 5.75 Å². The van der Waals surface area contributed by atoms with Crippen molar-refractivity contribution in [2.45, 2.75) is 19.4 Å². The Labute approximate surface area is 111 Å². The zero-order chi connectivity index (χ0) is 13.2. The molecule has 1 saturated heterocycles. The molecule has 0 spiro atoms. The number of pyridine rings is 1. The van der Waals surface area contributed by atoms with E-state index >= 15 is 0 Å². The Hall–Kier alpha value is -1.82. The summed E-state index contributed by atoms with van der Waals surface area (Å²) in [6.07, 6.45) is 1.24. The van der Waals surface area contributed by atoms with Crippen LogP contribution in [0.3, 0.4) is 0 Å². The largest absolute Gasteiger partial charge is 0.480 e. The lowest BCUT2D eigenvalue weighted by Crippen LogP contribution is -2.42. The molecule has 0 unspecified atom stereocenters. The van der Waals surface area contributed by atoms with Crippen molar-refractivity contribution in [1.29, 1.82) is 0 Å². The fourth-order valence-electron chi connectivity index (χ4n) is 2.30. The summed E-state index contributed by atoms with van der Waals surface area (Å²) in [5, 5.41) is 2.73. The average Bonchev–Trinajstić information content (AvgIpc) is 2.46. The van der Waals surface area contributed by atoms with E-state index in [0.717, 1.165) is 25.3 Å². The molecule has 0 bridgehead atoms. The minimum absolute atomic E-state index is 0.0590. The minimum Gasteiger partial charge on any atom is -0.480 e. The Morgan fingerprint density at radius 2 is 2.42 bits per heavy atom. The average molecular weight is 263 g/mol. The number of nitrogens with zero attached hydrogens (tertiary/aromatic N) is 2. The number of hydrogen-bond donors (Lipinski definition) is 1. The van der Waals surface area contributed by atoms with Crippen LogP contribution in [0, 0.1) is 0 Å². The molecule has 19 heavy (non-hydrogen) atoms. The molecule has 0 radical (unpaired) electrons. The van der Waals surface area contributed by atoms with E-state index in [2.05, 4.69) is 22.1 Å². The fourth-order valence-corrected chi connectivity index (χ4v) is 2.30. The zero-order valence-electron chi connectivity index (χ0n) is 10.9. The van der Waals surface area contributed by atoms with E-state index in [-0.39, 0.29) is 18.6 Å². The molecule has 1 N–H and O–H groups in total. The summed E-state index contributed by atoms with van der Waals surface area (Å²) in [5.74, 6) is 1.83. The van der Waals surface area contributed by atoms with Gasteiger partial charge in [-0.3, -0.25) is 4.79 Å². The van der Waals surface area contributed by atoms with Gasteiger partial charge in [0, 0.05) is 13.1 Å². The van der Waals surface area contributed by atoms with Crippen LogP contribution in [-0.2, 0) is 9.53 Å². The van der Waals surface area contributed by atoms with Gasteiger partial charge in [0.25, 0.3) is 5.91 Å². The van der Waals surface area contributed by atoms with E-state index < -0.39 is 0 Å². The van der Waals surface area contributed by atoms with Crippen LogP contribution in [-0.4, -0.2) is 43.3 Å². The molecule has 6 nitrogen and oxygen atoms in total. The molecule has 0 aliphatic carbocycles. The van der Waals surface area contributed by atoms with Gasteiger partial charge in [-0.2, -0.15) is 0 Å². The SMILES string of the molecule is CC[C@H]1CN(c2ccc3c(n2)NC(=O)CO3)CCO1. The first kappa shape index (κ1) is 12.2. The molecule has 1 amide bonds. The lowest BCUT2D eigenvalue weighted by Gasteiger charge is -2.33. The minimum atomic E-state index is -0.162. The van der Waals surface area contributed by atoms with Gasteiger partial charge in [0.15, 0.2) is 18.2 Å². The summed E-state index contributed by atoms with van der Waals surface area (Å²) < 4.78 is 10.9. The van der Waals surface area contributed by atoms with E-state index in [9.17, 15) is 4.79 Å². The Balaban J connectivity index is 1.81.